The molecule has 0 amide bonds. The van der Waals surface area contributed by atoms with Crippen molar-refractivity contribution in [1.29, 1.82) is 0 Å². The number of nitrogens with zero attached hydrogens (tertiary/aromatic N) is 2. The molecule has 0 aromatic carbocycles. The van der Waals surface area contributed by atoms with Gasteiger partial charge >= 0.3 is 0 Å². The molecule has 1 aliphatic carbocycles. The minimum Gasteiger partial charge on any atom is -0.370 e. The summed E-state index contributed by atoms with van der Waals surface area (Å²) in [4.78, 5) is 8.38. The van der Waals surface area contributed by atoms with E-state index in [1.165, 1.54) is 25.7 Å². The Morgan fingerprint density at radius 1 is 1.38 bits per heavy atom. The van der Waals surface area contributed by atoms with Gasteiger partial charge < -0.3 is 16.4 Å². The molecule has 5 nitrogen and oxygen atoms in total. The van der Waals surface area contributed by atoms with E-state index in [-0.39, 0.29) is 24.0 Å². The summed E-state index contributed by atoms with van der Waals surface area (Å²) in [5, 5.41) is 7.35. The predicted molar refractivity (Wildman–Crippen MR) is 100 cm³/mol. The molecule has 0 atom stereocenters. The number of hydrogen-bond acceptors (Lipinski definition) is 3. The molecule has 1 fully saturated rings. The first kappa shape index (κ1) is 18.6. The Morgan fingerprint density at radius 2 is 2.10 bits per heavy atom. The fourth-order valence-corrected chi connectivity index (χ4v) is 2.67. The molecule has 1 heterocycles. The van der Waals surface area contributed by atoms with E-state index >= 15 is 0 Å². The van der Waals surface area contributed by atoms with Crippen LogP contribution in [0.2, 0.25) is 10.0 Å². The summed E-state index contributed by atoms with van der Waals surface area (Å²) >= 11 is 11.8. The first-order valence-electron chi connectivity index (χ1n) is 6.76. The molecule has 2 rings (SSSR count). The van der Waals surface area contributed by atoms with Gasteiger partial charge in [-0.2, -0.15) is 0 Å². The van der Waals surface area contributed by atoms with E-state index in [0.29, 0.717) is 41.0 Å². The molecule has 0 aliphatic heterocycles. The zero-order valence-corrected chi connectivity index (χ0v) is 15.5. The zero-order valence-electron chi connectivity index (χ0n) is 11.6. The van der Waals surface area contributed by atoms with Crippen molar-refractivity contribution in [3.05, 3.63) is 22.3 Å². The number of guanidine groups is 1. The van der Waals surface area contributed by atoms with Crippen LogP contribution < -0.4 is 16.4 Å². The van der Waals surface area contributed by atoms with Gasteiger partial charge in [0.2, 0.25) is 0 Å². The maximum Gasteiger partial charge on any atom is 0.188 e. The Hall–Kier alpha value is -0.470. The van der Waals surface area contributed by atoms with Crippen LogP contribution in [0.5, 0.6) is 0 Å². The zero-order chi connectivity index (χ0) is 14.4. The van der Waals surface area contributed by atoms with Crippen molar-refractivity contribution in [3.8, 4) is 0 Å². The van der Waals surface area contributed by atoms with Crippen molar-refractivity contribution in [3.63, 3.8) is 0 Å². The van der Waals surface area contributed by atoms with Crippen LogP contribution in [0.1, 0.15) is 25.7 Å². The second-order valence-electron chi connectivity index (χ2n) is 4.80. The second kappa shape index (κ2) is 9.53. The van der Waals surface area contributed by atoms with Gasteiger partial charge in [-0.05, 0) is 18.9 Å². The van der Waals surface area contributed by atoms with E-state index in [9.17, 15) is 0 Å². The summed E-state index contributed by atoms with van der Waals surface area (Å²) in [5.74, 6) is 1.11. The summed E-state index contributed by atoms with van der Waals surface area (Å²) in [7, 11) is 0. The highest BCUT2D eigenvalue weighted by Gasteiger charge is 2.14. The van der Waals surface area contributed by atoms with Crippen LogP contribution >= 0.6 is 47.2 Å². The van der Waals surface area contributed by atoms with Crippen LogP contribution in [0.25, 0.3) is 0 Å². The van der Waals surface area contributed by atoms with E-state index in [1.807, 2.05) is 0 Å². The number of rotatable bonds is 5. The Bertz CT molecular complexity index is 478. The van der Waals surface area contributed by atoms with Crippen molar-refractivity contribution in [2.24, 2.45) is 10.7 Å². The van der Waals surface area contributed by atoms with Crippen LogP contribution in [-0.2, 0) is 0 Å². The van der Waals surface area contributed by atoms with Gasteiger partial charge in [0, 0.05) is 18.8 Å². The predicted octanol–water partition coefficient (Wildman–Crippen LogP) is 3.27. The number of pyridine rings is 1. The number of aliphatic imine (C=N–C) groups is 1. The van der Waals surface area contributed by atoms with Crippen LogP contribution in [-0.4, -0.2) is 30.1 Å². The maximum atomic E-state index is 6.00. The summed E-state index contributed by atoms with van der Waals surface area (Å²) in [5.41, 5.74) is 5.83. The van der Waals surface area contributed by atoms with Gasteiger partial charge in [0.15, 0.2) is 5.96 Å². The third-order valence-electron chi connectivity index (χ3n) is 3.20. The fourth-order valence-electron chi connectivity index (χ4n) is 2.22. The SMILES string of the molecule is I.NC(=NCCNc1ncc(Cl)cc1Cl)NC1CCCC1. The molecular weight excluding hydrogens is 424 g/mol. The molecule has 1 saturated carbocycles. The molecule has 1 aromatic heterocycles. The minimum atomic E-state index is 0. The molecule has 4 N–H and O–H groups in total. The minimum absolute atomic E-state index is 0. The highest BCUT2D eigenvalue weighted by Crippen LogP contribution is 2.22. The van der Waals surface area contributed by atoms with Crippen LogP contribution in [0, 0.1) is 0 Å². The van der Waals surface area contributed by atoms with Gasteiger partial charge in [0.05, 0.1) is 16.6 Å². The average Bonchev–Trinajstić information content (AvgIpc) is 2.89. The lowest BCUT2D eigenvalue weighted by Crippen LogP contribution is -2.38. The first-order valence-corrected chi connectivity index (χ1v) is 7.52. The molecular formula is C13H20Cl2IN5. The van der Waals surface area contributed by atoms with E-state index in [0.717, 1.165) is 0 Å². The van der Waals surface area contributed by atoms with Gasteiger partial charge in [-0.3, -0.25) is 4.99 Å². The quantitative estimate of drug-likeness (QED) is 0.282. The summed E-state index contributed by atoms with van der Waals surface area (Å²) in [6, 6.07) is 2.14. The first-order chi connectivity index (χ1) is 9.65. The lowest BCUT2D eigenvalue weighted by Gasteiger charge is -2.12. The normalized spacial score (nSPS) is 15.6. The third-order valence-corrected chi connectivity index (χ3v) is 3.70. The van der Waals surface area contributed by atoms with Gasteiger partial charge in [0.1, 0.15) is 5.82 Å². The van der Waals surface area contributed by atoms with E-state index < -0.39 is 0 Å². The van der Waals surface area contributed by atoms with Gasteiger partial charge in [-0.25, -0.2) is 4.98 Å². The largest absolute Gasteiger partial charge is 0.370 e. The lowest BCUT2D eigenvalue weighted by molar-refractivity contribution is 0.625. The third kappa shape index (κ3) is 6.44. The molecule has 21 heavy (non-hydrogen) atoms. The van der Waals surface area contributed by atoms with Gasteiger partial charge in [0.25, 0.3) is 0 Å². The molecule has 0 saturated heterocycles. The Balaban J connectivity index is 0.00000220. The molecule has 1 aromatic rings. The Morgan fingerprint density at radius 3 is 2.76 bits per heavy atom. The summed E-state index contributed by atoms with van der Waals surface area (Å²) < 4.78 is 0. The van der Waals surface area contributed by atoms with E-state index in [4.69, 9.17) is 28.9 Å². The summed E-state index contributed by atoms with van der Waals surface area (Å²) in [6.45, 7) is 1.17. The molecule has 0 bridgehead atoms. The molecule has 0 radical (unpaired) electrons. The fraction of sp³-hybridized carbons (Fsp3) is 0.538. The average molecular weight is 444 g/mol. The van der Waals surface area contributed by atoms with Crippen LogP contribution in [0.4, 0.5) is 5.82 Å². The maximum absolute atomic E-state index is 6.00. The number of anilines is 1. The monoisotopic (exact) mass is 443 g/mol. The van der Waals surface area contributed by atoms with Crippen molar-refractivity contribution in [1.82, 2.24) is 10.3 Å². The molecule has 1 aliphatic rings. The topological polar surface area (TPSA) is 75.3 Å². The number of nitrogens with one attached hydrogen (secondary N) is 2. The number of hydrogen-bond donors (Lipinski definition) is 3. The van der Waals surface area contributed by atoms with Gasteiger partial charge in [-0.15, -0.1) is 24.0 Å². The lowest BCUT2D eigenvalue weighted by atomic mass is 10.2. The van der Waals surface area contributed by atoms with Crippen molar-refractivity contribution in [2.45, 2.75) is 31.7 Å². The van der Waals surface area contributed by atoms with E-state index in [2.05, 4.69) is 20.6 Å². The van der Waals surface area contributed by atoms with Crippen molar-refractivity contribution >= 4 is 59.0 Å². The molecule has 118 valence electrons. The smallest absolute Gasteiger partial charge is 0.188 e. The van der Waals surface area contributed by atoms with Crippen LogP contribution in [0.3, 0.4) is 0 Å². The van der Waals surface area contributed by atoms with Crippen molar-refractivity contribution in [2.75, 3.05) is 18.4 Å². The highest BCUT2D eigenvalue weighted by molar-refractivity contribution is 14.0. The van der Waals surface area contributed by atoms with Gasteiger partial charge in [-0.1, -0.05) is 36.0 Å². The second-order valence-corrected chi connectivity index (χ2v) is 5.65. The molecule has 0 spiro atoms. The number of halogens is 3. The standard InChI is InChI=1S/C13H19Cl2N5.HI/c14-9-7-11(15)12(19-8-9)17-5-6-18-13(16)20-10-3-1-2-4-10;/h7-8,10H,1-6H2,(H,17,19)(H3,16,18,20);1H. The summed E-state index contributed by atoms with van der Waals surface area (Å²) in [6.07, 6.45) is 6.45. The highest BCUT2D eigenvalue weighted by atomic mass is 127. The number of nitrogens with two attached hydrogens (primary N) is 1. The molecule has 0 unspecified atom stereocenters. The van der Waals surface area contributed by atoms with E-state index in [1.54, 1.807) is 12.3 Å². The molecule has 8 heteroatoms. The Labute approximate surface area is 152 Å². The Kier molecular flexibility index (Phi) is 8.43. The number of aromatic nitrogens is 1. The van der Waals surface area contributed by atoms with Crippen LogP contribution in [0.15, 0.2) is 17.3 Å². The van der Waals surface area contributed by atoms with Crippen molar-refractivity contribution < 1.29 is 0 Å².